The summed E-state index contributed by atoms with van der Waals surface area (Å²) in [4.78, 5) is 11.9. The van der Waals surface area contributed by atoms with E-state index < -0.39 is 46.6 Å². The molecule has 3 rings (SSSR count). The van der Waals surface area contributed by atoms with E-state index in [9.17, 15) is 26.7 Å². The van der Waals surface area contributed by atoms with Gasteiger partial charge in [-0.05, 0) is 12.0 Å². The average molecular weight is 327 g/mol. The van der Waals surface area contributed by atoms with Crippen molar-refractivity contribution < 1.29 is 26.7 Å². The molecule has 1 N–H and O–H groups in total. The van der Waals surface area contributed by atoms with Crippen molar-refractivity contribution in [2.24, 2.45) is 0 Å². The normalized spacial score (nSPS) is 19.5. The predicted molar refractivity (Wildman–Crippen MR) is 71.3 cm³/mol. The van der Waals surface area contributed by atoms with E-state index in [2.05, 4.69) is 5.32 Å². The maximum atomic E-state index is 13.6. The fourth-order valence-corrected chi connectivity index (χ4v) is 2.47. The van der Waals surface area contributed by atoms with Gasteiger partial charge in [0.1, 0.15) is 5.56 Å². The molecule has 7 heteroatoms. The highest BCUT2D eigenvalue weighted by Gasteiger charge is 2.41. The average Bonchev–Trinajstić information content (AvgIpc) is 3.31. The summed E-state index contributed by atoms with van der Waals surface area (Å²) in [5.74, 6) is -12.2. The molecule has 1 aliphatic rings. The van der Waals surface area contributed by atoms with E-state index in [4.69, 9.17) is 0 Å². The van der Waals surface area contributed by atoms with Crippen LogP contribution in [0.15, 0.2) is 30.3 Å². The monoisotopic (exact) mass is 327 g/mol. The SMILES string of the molecule is O=C(N[C@H]1C[C@@H]1c1ccccc1)c1c(F)c(F)c(F)c(F)c1F. The lowest BCUT2D eigenvalue weighted by Crippen LogP contribution is -2.29. The largest absolute Gasteiger partial charge is 0.348 e. The Morgan fingerprint density at radius 2 is 1.39 bits per heavy atom. The van der Waals surface area contributed by atoms with Gasteiger partial charge in [-0.25, -0.2) is 22.0 Å². The molecule has 0 aliphatic heterocycles. The Hall–Kier alpha value is -2.44. The van der Waals surface area contributed by atoms with Crippen molar-refractivity contribution in [2.45, 2.75) is 18.4 Å². The number of rotatable bonds is 3. The quantitative estimate of drug-likeness (QED) is 0.520. The van der Waals surface area contributed by atoms with E-state index in [1.807, 2.05) is 18.2 Å². The molecule has 0 heterocycles. The van der Waals surface area contributed by atoms with Gasteiger partial charge in [0.2, 0.25) is 5.82 Å². The number of carbonyl (C=O) groups is 1. The van der Waals surface area contributed by atoms with Crippen molar-refractivity contribution in [3.63, 3.8) is 0 Å². The van der Waals surface area contributed by atoms with Gasteiger partial charge in [0.25, 0.3) is 5.91 Å². The zero-order valence-corrected chi connectivity index (χ0v) is 11.5. The molecule has 120 valence electrons. The first kappa shape index (κ1) is 15.5. The number of halogens is 5. The lowest BCUT2D eigenvalue weighted by Gasteiger charge is -2.09. The van der Waals surface area contributed by atoms with E-state index in [0.29, 0.717) is 6.42 Å². The molecule has 0 bridgehead atoms. The van der Waals surface area contributed by atoms with Crippen LogP contribution in [0.2, 0.25) is 0 Å². The van der Waals surface area contributed by atoms with Crippen LogP contribution in [0.5, 0.6) is 0 Å². The molecular formula is C16H10F5NO. The first-order valence-electron chi connectivity index (χ1n) is 6.79. The minimum Gasteiger partial charge on any atom is -0.348 e. The van der Waals surface area contributed by atoms with Gasteiger partial charge in [-0.1, -0.05) is 30.3 Å². The van der Waals surface area contributed by atoms with Gasteiger partial charge in [0, 0.05) is 12.0 Å². The molecule has 0 spiro atoms. The third-order valence-corrected chi connectivity index (χ3v) is 3.77. The van der Waals surface area contributed by atoms with E-state index >= 15 is 0 Å². The summed E-state index contributed by atoms with van der Waals surface area (Å²) < 4.78 is 66.3. The third-order valence-electron chi connectivity index (χ3n) is 3.77. The smallest absolute Gasteiger partial charge is 0.257 e. The van der Waals surface area contributed by atoms with Crippen molar-refractivity contribution in [3.8, 4) is 0 Å². The van der Waals surface area contributed by atoms with Crippen LogP contribution < -0.4 is 5.32 Å². The second-order valence-corrected chi connectivity index (χ2v) is 5.28. The summed E-state index contributed by atoms with van der Waals surface area (Å²) in [6.07, 6.45) is 0.533. The molecule has 2 nitrogen and oxygen atoms in total. The van der Waals surface area contributed by atoms with Crippen LogP contribution in [0.4, 0.5) is 22.0 Å². The number of carbonyl (C=O) groups excluding carboxylic acids is 1. The van der Waals surface area contributed by atoms with Crippen LogP contribution in [0, 0.1) is 29.1 Å². The van der Waals surface area contributed by atoms with Crippen molar-refractivity contribution in [1.29, 1.82) is 0 Å². The highest BCUT2D eigenvalue weighted by Crippen LogP contribution is 2.40. The molecular weight excluding hydrogens is 317 g/mol. The summed E-state index contributed by atoms with van der Waals surface area (Å²) in [5.41, 5.74) is -0.532. The Morgan fingerprint density at radius 3 is 1.96 bits per heavy atom. The Balaban J connectivity index is 1.81. The highest BCUT2D eigenvalue weighted by molar-refractivity contribution is 5.95. The Morgan fingerprint density at radius 1 is 0.870 bits per heavy atom. The first-order valence-corrected chi connectivity index (χ1v) is 6.79. The van der Waals surface area contributed by atoms with E-state index in [1.54, 1.807) is 12.1 Å². The molecule has 0 radical (unpaired) electrons. The zero-order chi connectivity index (χ0) is 16.7. The van der Waals surface area contributed by atoms with Crippen molar-refractivity contribution in [1.82, 2.24) is 5.32 Å². The Labute approximate surface area is 127 Å². The topological polar surface area (TPSA) is 29.1 Å². The minimum absolute atomic E-state index is 0.0404. The molecule has 0 unspecified atom stereocenters. The van der Waals surface area contributed by atoms with Crippen LogP contribution in [0.3, 0.4) is 0 Å². The van der Waals surface area contributed by atoms with E-state index in [1.165, 1.54) is 0 Å². The van der Waals surface area contributed by atoms with Crippen LogP contribution in [-0.2, 0) is 0 Å². The molecule has 2 aromatic carbocycles. The third kappa shape index (κ3) is 2.67. The van der Waals surface area contributed by atoms with Crippen LogP contribution >= 0.6 is 0 Å². The van der Waals surface area contributed by atoms with Gasteiger partial charge in [-0.2, -0.15) is 0 Å². The summed E-state index contributed by atoms with van der Waals surface area (Å²) in [6, 6.07) is 8.67. The highest BCUT2D eigenvalue weighted by atomic mass is 19.2. The number of hydrogen-bond donors (Lipinski definition) is 1. The molecule has 1 saturated carbocycles. The van der Waals surface area contributed by atoms with Gasteiger partial charge in [0.15, 0.2) is 23.3 Å². The van der Waals surface area contributed by atoms with Crippen LogP contribution in [0.25, 0.3) is 0 Å². The molecule has 1 aliphatic carbocycles. The maximum Gasteiger partial charge on any atom is 0.257 e. The van der Waals surface area contributed by atoms with Gasteiger partial charge in [0.05, 0.1) is 0 Å². The molecule has 2 aromatic rings. The summed E-state index contributed by atoms with van der Waals surface area (Å²) >= 11 is 0. The zero-order valence-electron chi connectivity index (χ0n) is 11.5. The Kier molecular flexibility index (Phi) is 3.79. The summed E-state index contributed by atoms with van der Waals surface area (Å²) in [5, 5.41) is 2.30. The standard InChI is InChI=1S/C16H10F5NO/c17-11-10(12(18)14(20)15(21)13(11)19)16(23)22-9-6-8(9)7-4-2-1-3-5-7/h1-5,8-9H,6H2,(H,22,23)/t8-,9+/m1/s1. The number of nitrogens with one attached hydrogen (secondary N) is 1. The Bertz CT molecular complexity index is 749. The van der Waals surface area contributed by atoms with Crippen LogP contribution in [-0.4, -0.2) is 11.9 Å². The van der Waals surface area contributed by atoms with E-state index in [-0.39, 0.29) is 5.92 Å². The first-order chi connectivity index (χ1) is 10.9. The fraction of sp³-hybridized carbons (Fsp3) is 0.188. The summed E-state index contributed by atoms with van der Waals surface area (Å²) in [6.45, 7) is 0. The maximum absolute atomic E-state index is 13.6. The molecule has 23 heavy (non-hydrogen) atoms. The van der Waals surface area contributed by atoms with Gasteiger partial charge in [-0.3, -0.25) is 4.79 Å². The molecule has 1 fully saturated rings. The lowest BCUT2D eigenvalue weighted by molar-refractivity contribution is 0.0938. The van der Waals surface area contributed by atoms with Gasteiger partial charge >= 0.3 is 0 Å². The van der Waals surface area contributed by atoms with Gasteiger partial charge in [-0.15, -0.1) is 0 Å². The summed E-state index contributed by atoms with van der Waals surface area (Å²) in [7, 11) is 0. The number of amides is 1. The van der Waals surface area contributed by atoms with Gasteiger partial charge < -0.3 is 5.32 Å². The fourth-order valence-electron chi connectivity index (χ4n) is 2.47. The second-order valence-electron chi connectivity index (χ2n) is 5.28. The molecule has 1 amide bonds. The number of hydrogen-bond acceptors (Lipinski definition) is 1. The molecule has 0 saturated heterocycles. The molecule has 0 aromatic heterocycles. The van der Waals surface area contributed by atoms with Crippen molar-refractivity contribution in [3.05, 3.63) is 70.5 Å². The lowest BCUT2D eigenvalue weighted by atomic mass is 10.1. The molecule has 2 atom stereocenters. The number of benzene rings is 2. The van der Waals surface area contributed by atoms with Crippen molar-refractivity contribution in [2.75, 3.05) is 0 Å². The predicted octanol–water partition coefficient (Wildman–Crippen LogP) is 3.67. The van der Waals surface area contributed by atoms with Crippen molar-refractivity contribution >= 4 is 5.91 Å². The van der Waals surface area contributed by atoms with Crippen LogP contribution in [0.1, 0.15) is 28.3 Å². The minimum atomic E-state index is -2.29. The second kappa shape index (κ2) is 5.64. The van der Waals surface area contributed by atoms with E-state index in [0.717, 1.165) is 5.56 Å².